The quantitative estimate of drug-likeness (QED) is 0.654. The van der Waals surface area contributed by atoms with E-state index in [0.717, 1.165) is 31.2 Å². The van der Waals surface area contributed by atoms with Crippen LogP contribution < -0.4 is 10.1 Å². The Bertz CT molecular complexity index is 428. The van der Waals surface area contributed by atoms with Crippen LogP contribution in [0.3, 0.4) is 0 Å². The van der Waals surface area contributed by atoms with Crippen molar-refractivity contribution in [1.82, 2.24) is 5.32 Å². The number of fused-ring (bicyclic) bond motifs is 1. The lowest BCUT2D eigenvalue weighted by atomic mass is 10.0. The summed E-state index contributed by atoms with van der Waals surface area (Å²) in [5.41, 5.74) is 2.76. The summed E-state index contributed by atoms with van der Waals surface area (Å²) in [6.07, 6.45) is 7.84. The Morgan fingerprint density at radius 2 is 1.90 bits per heavy atom. The number of hydrogen-bond acceptors (Lipinski definition) is 2. The van der Waals surface area contributed by atoms with Gasteiger partial charge in [-0.2, -0.15) is 0 Å². The molecular weight excluding hydrogens is 258 g/mol. The van der Waals surface area contributed by atoms with Crippen LogP contribution in [0, 0.1) is 5.92 Å². The topological polar surface area (TPSA) is 21.3 Å². The van der Waals surface area contributed by atoms with Crippen LogP contribution in [0.25, 0.3) is 0 Å². The van der Waals surface area contributed by atoms with Gasteiger partial charge in [-0.05, 0) is 43.0 Å². The molecule has 0 saturated carbocycles. The van der Waals surface area contributed by atoms with Crippen LogP contribution in [-0.4, -0.2) is 13.2 Å². The van der Waals surface area contributed by atoms with E-state index in [4.69, 9.17) is 4.74 Å². The summed E-state index contributed by atoms with van der Waals surface area (Å²) >= 11 is 0. The van der Waals surface area contributed by atoms with E-state index >= 15 is 0 Å². The lowest BCUT2D eigenvalue weighted by Gasteiger charge is -2.15. The smallest absolute Gasteiger partial charge is 0.122 e. The molecule has 2 nitrogen and oxygen atoms in total. The van der Waals surface area contributed by atoms with Gasteiger partial charge in [-0.3, -0.25) is 0 Å². The fourth-order valence-electron chi connectivity index (χ4n) is 2.94. The van der Waals surface area contributed by atoms with Gasteiger partial charge in [0.1, 0.15) is 5.75 Å². The van der Waals surface area contributed by atoms with E-state index in [9.17, 15) is 0 Å². The molecule has 1 atom stereocenters. The van der Waals surface area contributed by atoms with Gasteiger partial charge in [0.2, 0.25) is 0 Å². The van der Waals surface area contributed by atoms with Crippen molar-refractivity contribution in [1.29, 1.82) is 0 Å². The van der Waals surface area contributed by atoms with Crippen LogP contribution in [0.1, 0.15) is 70.0 Å². The summed E-state index contributed by atoms with van der Waals surface area (Å²) in [4.78, 5) is 0. The minimum Gasteiger partial charge on any atom is -0.493 e. The molecule has 1 unspecified atom stereocenters. The standard InChI is InChI=1S/C19H31NO/c1-15(2)8-6-4-5-7-12-20-16(3)17-9-10-19-18(14-17)11-13-21-19/h9-10,14-16,20H,4-8,11-13H2,1-3H3. The number of rotatable bonds is 9. The molecule has 2 rings (SSSR count). The van der Waals surface area contributed by atoms with Crippen molar-refractivity contribution in [3.63, 3.8) is 0 Å². The first-order chi connectivity index (χ1) is 10.2. The normalized spacial score (nSPS) is 15.0. The number of hydrogen-bond donors (Lipinski definition) is 1. The third kappa shape index (κ3) is 5.35. The number of unbranched alkanes of at least 4 members (excludes halogenated alkanes) is 3. The molecule has 1 aliphatic rings. The predicted molar refractivity (Wildman–Crippen MR) is 90.0 cm³/mol. The van der Waals surface area contributed by atoms with Gasteiger partial charge in [-0.15, -0.1) is 0 Å². The van der Waals surface area contributed by atoms with Crippen molar-refractivity contribution in [2.45, 2.75) is 65.3 Å². The van der Waals surface area contributed by atoms with Gasteiger partial charge in [0.15, 0.2) is 0 Å². The average molecular weight is 289 g/mol. The molecule has 0 amide bonds. The molecule has 0 spiro atoms. The van der Waals surface area contributed by atoms with Gasteiger partial charge >= 0.3 is 0 Å². The van der Waals surface area contributed by atoms with Crippen molar-refractivity contribution < 1.29 is 4.74 Å². The molecular formula is C19H31NO. The molecule has 0 saturated heterocycles. The Morgan fingerprint density at radius 1 is 1.10 bits per heavy atom. The minimum absolute atomic E-state index is 0.437. The SMILES string of the molecule is CC(C)CCCCCCNC(C)c1ccc2c(c1)CCO2. The Balaban J connectivity index is 1.62. The number of nitrogens with one attached hydrogen (secondary N) is 1. The second kappa shape index (κ2) is 8.43. The van der Waals surface area contributed by atoms with Gasteiger partial charge in [-0.1, -0.05) is 51.7 Å². The van der Waals surface area contributed by atoms with E-state index < -0.39 is 0 Å². The summed E-state index contributed by atoms with van der Waals surface area (Å²) < 4.78 is 5.57. The molecule has 1 aliphatic heterocycles. The van der Waals surface area contributed by atoms with Crippen molar-refractivity contribution in [2.24, 2.45) is 5.92 Å². The highest BCUT2D eigenvalue weighted by molar-refractivity contribution is 5.40. The van der Waals surface area contributed by atoms with E-state index in [1.165, 1.54) is 43.2 Å². The fraction of sp³-hybridized carbons (Fsp3) is 0.684. The summed E-state index contributed by atoms with van der Waals surface area (Å²) in [6.45, 7) is 8.85. The number of ether oxygens (including phenoxy) is 1. The Labute approximate surface area is 130 Å². The lowest BCUT2D eigenvalue weighted by Crippen LogP contribution is -2.19. The number of benzene rings is 1. The van der Waals surface area contributed by atoms with Gasteiger partial charge in [-0.25, -0.2) is 0 Å². The zero-order valence-electron chi connectivity index (χ0n) is 14.0. The van der Waals surface area contributed by atoms with E-state index in [-0.39, 0.29) is 0 Å². The van der Waals surface area contributed by atoms with Gasteiger partial charge in [0, 0.05) is 12.5 Å². The summed E-state index contributed by atoms with van der Waals surface area (Å²) in [5.74, 6) is 1.93. The monoisotopic (exact) mass is 289 g/mol. The molecule has 0 radical (unpaired) electrons. The highest BCUT2D eigenvalue weighted by atomic mass is 16.5. The van der Waals surface area contributed by atoms with E-state index in [2.05, 4.69) is 44.3 Å². The van der Waals surface area contributed by atoms with Crippen LogP contribution in [0.15, 0.2) is 18.2 Å². The van der Waals surface area contributed by atoms with Crippen LogP contribution in [0.4, 0.5) is 0 Å². The van der Waals surface area contributed by atoms with E-state index in [1.54, 1.807) is 0 Å². The maximum atomic E-state index is 5.57. The summed E-state index contributed by atoms with van der Waals surface area (Å²) in [6, 6.07) is 7.07. The molecule has 0 aliphatic carbocycles. The molecule has 21 heavy (non-hydrogen) atoms. The Morgan fingerprint density at radius 3 is 2.71 bits per heavy atom. The molecule has 0 aromatic heterocycles. The molecule has 0 fully saturated rings. The Kier molecular flexibility index (Phi) is 6.56. The molecule has 2 heteroatoms. The van der Waals surface area contributed by atoms with Crippen molar-refractivity contribution in [3.05, 3.63) is 29.3 Å². The molecule has 1 N–H and O–H groups in total. The highest BCUT2D eigenvalue weighted by Crippen LogP contribution is 2.28. The molecule has 1 heterocycles. The second-order valence-corrected chi connectivity index (χ2v) is 6.74. The average Bonchev–Trinajstić information content (AvgIpc) is 2.93. The van der Waals surface area contributed by atoms with Crippen LogP contribution in [0.5, 0.6) is 5.75 Å². The second-order valence-electron chi connectivity index (χ2n) is 6.74. The van der Waals surface area contributed by atoms with Gasteiger partial charge in [0.25, 0.3) is 0 Å². The summed E-state index contributed by atoms with van der Waals surface area (Å²) in [5, 5.41) is 3.65. The minimum atomic E-state index is 0.437. The van der Waals surface area contributed by atoms with E-state index in [0.29, 0.717) is 6.04 Å². The van der Waals surface area contributed by atoms with Gasteiger partial charge < -0.3 is 10.1 Å². The zero-order valence-corrected chi connectivity index (χ0v) is 14.0. The summed E-state index contributed by atoms with van der Waals surface area (Å²) in [7, 11) is 0. The Hall–Kier alpha value is -1.02. The largest absolute Gasteiger partial charge is 0.493 e. The molecule has 1 aromatic rings. The lowest BCUT2D eigenvalue weighted by molar-refractivity contribution is 0.356. The molecule has 1 aromatic carbocycles. The maximum absolute atomic E-state index is 5.57. The van der Waals surface area contributed by atoms with Crippen LogP contribution in [-0.2, 0) is 6.42 Å². The first-order valence-electron chi connectivity index (χ1n) is 8.66. The third-order valence-corrected chi connectivity index (χ3v) is 4.37. The van der Waals surface area contributed by atoms with E-state index in [1.807, 2.05) is 0 Å². The van der Waals surface area contributed by atoms with Crippen LogP contribution >= 0.6 is 0 Å². The first kappa shape index (κ1) is 16.4. The zero-order chi connectivity index (χ0) is 15.1. The van der Waals surface area contributed by atoms with Crippen molar-refractivity contribution in [3.8, 4) is 5.75 Å². The van der Waals surface area contributed by atoms with Gasteiger partial charge in [0.05, 0.1) is 6.61 Å². The van der Waals surface area contributed by atoms with Crippen LogP contribution in [0.2, 0.25) is 0 Å². The molecule has 118 valence electrons. The fourth-order valence-corrected chi connectivity index (χ4v) is 2.94. The molecule has 0 bridgehead atoms. The maximum Gasteiger partial charge on any atom is 0.122 e. The third-order valence-electron chi connectivity index (χ3n) is 4.37. The first-order valence-corrected chi connectivity index (χ1v) is 8.66. The highest BCUT2D eigenvalue weighted by Gasteiger charge is 2.14. The van der Waals surface area contributed by atoms with Crippen molar-refractivity contribution >= 4 is 0 Å². The predicted octanol–water partition coefficient (Wildman–Crippen LogP) is 4.88. The van der Waals surface area contributed by atoms with Crippen molar-refractivity contribution in [2.75, 3.05) is 13.2 Å².